The van der Waals surface area contributed by atoms with E-state index in [9.17, 15) is 13.2 Å². The van der Waals surface area contributed by atoms with Crippen molar-refractivity contribution in [3.8, 4) is 5.75 Å². The first-order valence-electron chi connectivity index (χ1n) is 7.01. The summed E-state index contributed by atoms with van der Waals surface area (Å²) >= 11 is 1.50. The van der Waals surface area contributed by atoms with Gasteiger partial charge in [-0.1, -0.05) is 0 Å². The Morgan fingerprint density at radius 3 is 2.48 bits per heavy atom. The van der Waals surface area contributed by atoms with Crippen molar-refractivity contribution in [3.05, 3.63) is 52.2 Å². The predicted octanol–water partition coefficient (Wildman–Crippen LogP) is 4.42. The Bertz CT molecular complexity index is 794. The summed E-state index contributed by atoms with van der Waals surface area (Å²) in [6.07, 6.45) is -3.07. The number of alkyl halides is 3. The number of hydrogen-bond acceptors (Lipinski definition) is 6. The van der Waals surface area contributed by atoms with Crippen molar-refractivity contribution in [2.24, 2.45) is 9.98 Å². The third kappa shape index (κ3) is 5.71. The van der Waals surface area contributed by atoms with E-state index in [0.29, 0.717) is 22.9 Å². The number of anilines is 1. The van der Waals surface area contributed by atoms with Crippen molar-refractivity contribution in [3.63, 3.8) is 0 Å². The molecule has 0 aliphatic heterocycles. The number of benzene rings is 1. The lowest BCUT2D eigenvalue weighted by atomic mass is 10.2. The maximum Gasteiger partial charge on any atom is 0.573 e. The summed E-state index contributed by atoms with van der Waals surface area (Å²) < 4.78 is 40.3. The highest BCUT2D eigenvalue weighted by molar-refractivity contribution is 7.09. The van der Waals surface area contributed by atoms with Crippen LogP contribution in [0.1, 0.15) is 10.7 Å². The summed E-state index contributed by atoms with van der Waals surface area (Å²) in [5, 5.41) is 5.73. The number of aromatic nitrogens is 1. The molecule has 0 bridgehead atoms. The van der Waals surface area contributed by atoms with Gasteiger partial charge in [-0.05, 0) is 37.9 Å². The Morgan fingerprint density at radius 2 is 2.00 bits per heavy atom. The van der Waals surface area contributed by atoms with Gasteiger partial charge in [0.05, 0.1) is 16.4 Å². The molecule has 25 heavy (non-hydrogen) atoms. The summed E-state index contributed by atoms with van der Waals surface area (Å²) in [7, 11) is 1.63. The fourth-order valence-electron chi connectivity index (χ4n) is 1.87. The fourth-order valence-corrected chi connectivity index (χ4v) is 2.48. The molecule has 0 saturated heterocycles. The summed E-state index contributed by atoms with van der Waals surface area (Å²) in [5.41, 5.74) is 1.84. The third-order valence-corrected chi connectivity index (χ3v) is 3.70. The van der Waals surface area contributed by atoms with Gasteiger partial charge in [-0.15, -0.1) is 24.5 Å². The molecule has 0 aliphatic rings. The van der Waals surface area contributed by atoms with Gasteiger partial charge in [-0.3, -0.25) is 4.99 Å². The van der Waals surface area contributed by atoms with Gasteiger partial charge in [0.1, 0.15) is 11.6 Å². The molecule has 132 valence electrons. The van der Waals surface area contributed by atoms with Gasteiger partial charge in [0, 0.05) is 24.2 Å². The van der Waals surface area contributed by atoms with Gasteiger partial charge in [0.15, 0.2) is 0 Å². The highest BCUT2D eigenvalue weighted by Gasteiger charge is 2.30. The molecule has 0 spiro atoms. The lowest BCUT2D eigenvalue weighted by Gasteiger charge is -2.10. The lowest BCUT2D eigenvalue weighted by Crippen LogP contribution is -2.17. The molecule has 1 heterocycles. The van der Waals surface area contributed by atoms with E-state index in [4.69, 9.17) is 0 Å². The van der Waals surface area contributed by atoms with Crippen LogP contribution in [0.2, 0.25) is 0 Å². The quantitative estimate of drug-likeness (QED) is 0.768. The molecule has 9 heteroatoms. The average Bonchev–Trinajstić information content (AvgIpc) is 2.98. The number of hydrogen-bond donors (Lipinski definition) is 1. The van der Waals surface area contributed by atoms with Crippen LogP contribution in [0.5, 0.6) is 5.75 Å². The minimum absolute atomic E-state index is 0.302. The standard InChI is InChI=1S/C16H15F3N4OS/c1-10-22-14(9-25-10)13(20-2)8-15(21-3)23-11-4-6-12(7-5-11)24-16(17,18)19/h4-9,23H,3H2,1-2H3/b15-8+,20-13?. The molecule has 2 rings (SSSR count). The zero-order chi connectivity index (χ0) is 18.4. The summed E-state index contributed by atoms with van der Waals surface area (Å²) in [4.78, 5) is 12.4. The first-order valence-corrected chi connectivity index (χ1v) is 7.89. The topological polar surface area (TPSA) is 58.9 Å². The van der Waals surface area contributed by atoms with Crippen molar-refractivity contribution < 1.29 is 17.9 Å². The smallest absolute Gasteiger partial charge is 0.406 e. The molecule has 0 unspecified atom stereocenters. The number of nitrogens with one attached hydrogen (secondary N) is 1. The summed E-state index contributed by atoms with van der Waals surface area (Å²) in [6.45, 7) is 5.37. The Kier molecular flexibility index (Phi) is 5.92. The zero-order valence-corrected chi connectivity index (χ0v) is 14.3. The summed E-state index contributed by atoms with van der Waals surface area (Å²) in [5.74, 6) is 0.0830. The molecule has 2 aromatic rings. The normalized spacial score (nSPS) is 12.8. The number of ether oxygens (including phenoxy) is 1. The number of thiazole rings is 1. The average molecular weight is 368 g/mol. The number of aryl methyl sites for hydroxylation is 1. The van der Waals surface area contributed by atoms with Crippen LogP contribution in [0, 0.1) is 6.92 Å². The monoisotopic (exact) mass is 368 g/mol. The molecule has 5 nitrogen and oxygen atoms in total. The largest absolute Gasteiger partial charge is 0.573 e. The van der Waals surface area contributed by atoms with Crippen molar-refractivity contribution in [2.75, 3.05) is 12.4 Å². The van der Waals surface area contributed by atoms with Crippen LogP contribution in [-0.4, -0.2) is 30.8 Å². The number of nitrogens with zero attached hydrogens (tertiary/aromatic N) is 3. The van der Waals surface area contributed by atoms with Crippen molar-refractivity contribution in [1.29, 1.82) is 0 Å². The van der Waals surface area contributed by atoms with Crippen molar-refractivity contribution in [2.45, 2.75) is 13.3 Å². The van der Waals surface area contributed by atoms with Gasteiger partial charge >= 0.3 is 6.36 Å². The first kappa shape index (κ1) is 18.7. The lowest BCUT2D eigenvalue weighted by molar-refractivity contribution is -0.274. The SMILES string of the molecule is C=N/C(=C\C(=NC)c1csc(C)n1)Nc1ccc(OC(F)(F)F)cc1. The van der Waals surface area contributed by atoms with Crippen LogP contribution in [-0.2, 0) is 0 Å². The van der Waals surface area contributed by atoms with E-state index in [1.807, 2.05) is 12.3 Å². The van der Waals surface area contributed by atoms with Crippen LogP contribution < -0.4 is 10.1 Å². The molecule has 0 fully saturated rings. The summed E-state index contributed by atoms with van der Waals surface area (Å²) in [6, 6.07) is 5.29. The molecule has 1 N–H and O–H groups in total. The highest BCUT2D eigenvalue weighted by Crippen LogP contribution is 2.24. The van der Waals surface area contributed by atoms with E-state index < -0.39 is 6.36 Å². The molecule has 0 radical (unpaired) electrons. The second kappa shape index (κ2) is 7.93. The van der Waals surface area contributed by atoms with Crippen LogP contribution in [0.4, 0.5) is 18.9 Å². The molecular formula is C16H15F3N4OS. The number of aliphatic imine (C=N–C) groups is 2. The number of rotatable bonds is 6. The van der Waals surface area contributed by atoms with E-state index in [0.717, 1.165) is 5.01 Å². The van der Waals surface area contributed by atoms with E-state index in [-0.39, 0.29) is 5.75 Å². The van der Waals surface area contributed by atoms with E-state index in [1.165, 1.54) is 35.6 Å². The van der Waals surface area contributed by atoms with E-state index >= 15 is 0 Å². The fraction of sp³-hybridized carbons (Fsp3) is 0.188. The van der Waals surface area contributed by atoms with Crippen LogP contribution in [0.25, 0.3) is 0 Å². The van der Waals surface area contributed by atoms with Crippen LogP contribution in [0.15, 0.2) is 51.5 Å². The van der Waals surface area contributed by atoms with Gasteiger partial charge in [0.2, 0.25) is 0 Å². The molecule has 0 saturated carbocycles. The minimum Gasteiger partial charge on any atom is -0.406 e. The highest BCUT2D eigenvalue weighted by atomic mass is 32.1. The maximum absolute atomic E-state index is 12.2. The van der Waals surface area contributed by atoms with Crippen molar-refractivity contribution >= 4 is 29.5 Å². The van der Waals surface area contributed by atoms with Crippen LogP contribution >= 0.6 is 11.3 Å². The molecular weight excluding hydrogens is 353 g/mol. The van der Waals surface area contributed by atoms with Crippen LogP contribution in [0.3, 0.4) is 0 Å². The van der Waals surface area contributed by atoms with E-state index in [2.05, 4.69) is 31.7 Å². The van der Waals surface area contributed by atoms with Gasteiger partial charge in [0.25, 0.3) is 0 Å². The maximum atomic E-state index is 12.2. The third-order valence-electron chi connectivity index (χ3n) is 2.93. The minimum atomic E-state index is -4.72. The van der Waals surface area contributed by atoms with Crippen molar-refractivity contribution in [1.82, 2.24) is 4.98 Å². The first-order chi connectivity index (χ1) is 11.8. The molecule has 1 aromatic carbocycles. The molecule has 1 aromatic heterocycles. The van der Waals surface area contributed by atoms with Gasteiger partial charge < -0.3 is 10.1 Å². The van der Waals surface area contributed by atoms with Gasteiger partial charge in [-0.25, -0.2) is 9.98 Å². The number of halogens is 3. The Balaban J connectivity index is 2.14. The Morgan fingerprint density at radius 1 is 1.32 bits per heavy atom. The molecule has 0 aliphatic carbocycles. The van der Waals surface area contributed by atoms with E-state index in [1.54, 1.807) is 13.1 Å². The Hall–Kier alpha value is -2.68. The predicted molar refractivity (Wildman–Crippen MR) is 93.7 cm³/mol. The van der Waals surface area contributed by atoms with Gasteiger partial charge in [-0.2, -0.15) is 0 Å². The second-order valence-electron chi connectivity index (χ2n) is 4.75. The Labute approximate surface area is 146 Å². The molecule has 0 amide bonds. The zero-order valence-electron chi connectivity index (χ0n) is 13.5. The number of allylic oxidation sites excluding steroid dienone is 1. The second-order valence-corrected chi connectivity index (χ2v) is 5.81. The molecule has 0 atom stereocenters.